The van der Waals surface area contributed by atoms with Crippen LogP contribution in [0.4, 0.5) is 34.1 Å². The maximum Gasteiger partial charge on any atom is 0.0465 e. The number of anilines is 6. The maximum atomic E-state index is 2.52. The summed E-state index contributed by atoms with van der Waals surface area (Å²) in [5.74, 6) is 0. The van der Waals surface area contributed by atoms with Gasteiger partial charge in [-0.3, -0.25) is 0 Å². The van der Waals surface area contributed by atoms with Gasteiger partial charge in [0, 0.05) is 55.8 Å². The van der Waals surface area contributed by atoms with Gasteiger partial charge in [0.25, 0.3) is 0 Å². The van der Waals surface area contributed by atoms with Crippen LogP contribution in [0.15, 0.2) is 218 Å². The van der Waals surface area contributed by atoms with Gasteiger partial charge in [0.15, 0.2) is 0 Å². The molecule has 14 rings (SSSR count). The summed E-state index contributed by atoms with van der Waals surface area (Å²) in [6.07, 6.45) is 4.61. The molecule has 0 fully saturated rings. The second-order valence-electron chi connectivity index (χ2n) is 23.8. The lowest BCUT2D eigenvalue weighted by Crippen LogP contribution is -2.19. The smallest absolute Gasteiger partial charge is 0.0465 e. The number of hydrogen-bond donors (Lipinski definition) is 0. The van der Waals surface area contributed by atoms with Gasteiger partial charge in [-0.15, -0.1) is 0 Å². The van der Waals surface area contributed by atoms with Crippen LogP contribution in [0, 0.1) is 0 Å². The second-order valence-corrected chi connectivity index (χ2v) is 23.8. The molecule has 0 atom stereocenters. The minimum atomic E-state index is -0.224. The van der Waals surface area contributed by atoms with Gasteiger partial charge in [-0.1, -0.05) is 213 Å². The molecule has 0 N–H and O–H groups in total. The Hall–Kier alpha value is -8.46. The van der Waals surface area contributed by atoms with E-state index in [1.165, 1.54) is 117 Å². The molecular weight excluding hydrogens is 917 g/mol. The molecule has 10 aromatic carbocycles. The SMILES string of the molecule is CC1(C)c2ccccc2-c2ccc(N(c3ccc4c(c3)C(C)(C)c3ccccc3-4)c3ccc4c(c3)C(C)(C)c3cc(/C=C/c5ccc6c(c5)C(C)(C)c5cc(N(c7ccccc7)c7ccccc7)ccc5-6)ccc3-4)cc21. The minimum absolute atomic E-state index is 0.120. The van der Waals surface area contributed by atoms with Gasteiger partial charge in [-0.2, -0.15) is 0 Å². The number of para-hydroxylation sites is 2. The van der Waals surface area contributed by atoms with Gasteiger partial charge >= 0.3 is 0 Å². The van der Waals surface area contributed by atoms with E-state index in [4.69, 9.17) is 0 Å². The molecule has 76 heavy (non-hydrogen) atoms. The fraction of sp³-hybridized carbons (Fsp3) is 0.162. The Morgan fingerprint density at radius 1 is 0.224 bits per heavy atom. The third-order valence-electron chi connectivity index (χ3n) is 18.0. The molecule has 2 nitrogen and oxygen atoms in total. The van der Waals surface area contributed by atoms with E-state index in [1.54, 1.807) is 0 Å². The first-order valence-corrected chi connectivity index (χ1v) is 27.2. The Balaban J connectivity index is 0.793. The van der Waals surface area contributed by atoms with Crippen molar-refractivity contribution in [3.8, 4) is 44.5 Å². The predicted molar refractivity (Wildman–Crippen MR) is 321 cm³/mol. The molecule has 368 valence electrons. The summed E-state index contributed by atoms with van der Waals surface area (Å²) < 4.78 is 0. The monoisotopic (exact) mass is 978 g/mol. The molecule has 4 aliphatic rings. The van der Waals surface area contributed by atoms with Crippen molar-refractivity contribution >= 4 is 46.3 Å². The molecule has 0 aromatic heterocycles. The van der Waals surface area contributed by atoms with Crippen molar-refractivity contribution in [2.45, 2.75) is 77.0 Å². The van der Waals surface area contributed by atoms with Crippen LogP contribution < -0.4 is 9.80 Å². The summed E-state index contributed by atoms with van der Waals surface area (Å²) >= 11 is 0. The van der Waals surface area contributed by atoms with E-state index in [1.807, 2.05) is 0 Å². The zero-order chi connectivity index (χ0) is 51.9. The topological polar surface area (TPSA) is 6.48 Å². The Morgan fingerprint density at radius 2 is 0.474 bits per heavy atom. The largest absolute Gasteiger partial charge is 0.310 e. The first kappa shape index (κ1) is 46.1. The van der Waals surface area contributed by atoms with Crippen molar-refractivity contribution < 1.29 is 0 Å². The van der Waals surface area contributed by atoms with Crippen molar-refractivity contribution in [2.24, 2.45) is 0 Å². The summed E-state index contributed by atoms with van der Waals surface area (Å²) in [6.45, 7) is 19.1. The average Bonchev–Trinajstić information content (AvgIpc) is 4.06. The van der Waals surface area contributed by atoms with Gasteiger partial charge < -0.3 is 9.80 Å². The third kappa shape index (κ3) is 6.79. The fourth-order valence-corrected chi connectivity index (χ4v) is 13.9. The number of hydrogen-bond acceptors (Lipinski definition) is 2. The van der Waals surface area contributed by atoms with Crippen molar-refractivity contribution in [1.29, 1.82) is 0 Å². The van der Waals surface area contributed by atoms with E-state index in [2.05, 4.69) is 296 Å². The van der Waals surface area contributed by atoms with Crippen molar-refractivity contribution in [1.82, 2.24) is 0 Å². The van der Waals surface area contributed by atoms with Gasteiger partial charge in [0.2, 0.25) is 0 Å². The number of benzene rings is 10. The zero-order valence-corrected chi connectivity index (χ0v) is 44.8. The molecular formula is C74H62N2. The number of nitrogens with zero attached hydrogens (tertiary/aromatic N) is 2. The highest BCUT2D eigenvalue weighted by atomic mass is 15.1. The maximum absolute atomic E-state index is 2.52. The van der Waals surface area contributed by atoms with Crippen LogP contribution in [0.3, 0.4) is 0 Å². The van der Waals surface area contributed by atoms with Gasteiger partial charge in [0.1, 0.15) is 0 Å². The normalized spacial score (nSPS) is 15.7. The summed E-state index contributed by atoms with van der Waals surface area (Å²) in [5, 5.41) is 0. The Kier molecular flexibility index (Phi) is 10.0. The molecule has 10 aromatic rings. The van der Waals surface area contributed by atoms with E-state index in [0.717, 1.165) is 17.1 Å². The van der Waals surface area contributed by atoms with Gasteiger partial charge in [-0.05, 0) is 173 Å². The Labute approximate surface area is 449 Å². The van der Waals surface area contributed by atoms with Crippen LogP contribution in [0.1, 0.15) is 111 Å². The van der Waals surface area contributed by atoms with E-state index >= 15 is 0 Å². The molecule has 0 unspecified atom stereocenters. The van der Waals surface area contributed by atoms with Crippen molar-refractivity contribution in [3.63, 3.8) is 0 Å². The van der Waals surface area contributed by atoms with E-state index < -0.39 is 0 Å². The lowest BCUT2D eigenvalue weighted by molar-refractivity contribution is 0.659. The van der Waals surface area contributed by atoms with Crippen LogP contribution >= 0.6 is 0 Å². The minimum Gasteiger partial charge on any atom is -0.310 e. The highest BCUT2D eigenvalue weighted by molar-refractivity contribution is 5.92. The van der Waals surface area contributed by atoms with Crippen LogP contribution in [0.25, 0.3) is 56.7 Å². The van der Waals surface area contributed by atoms with Gasteiger partial charge in [0.05, 0.1) is 0 Å². The molecule has 0 saturated heterocycles. The highest BCUT2D eigenvalue weighted by Crippen LogP contribution is 2.56. The molecule has 0 amide bonds. The Bertz CT molecular complexity index is 3910. The predicted octanol–water partition coefficient (Wildman–Crippen LogP) is 20.0. The summed E-state index contributed by atoms with van der Waals surface area (Å²) in [6, 6.07) is 82.0. The second kappa shape index (κ2) is 16.5. The average molecular weight is 979 g/mol. The first-order valence-electron chi connectivity index (χ1n) is 27.2. The molecule has 0 spiro atoms. The third-order valence-corrected chi connectivity index (χ3v) is 18.0. The van der Waals surface area contributed by atoms with Gasteiger partial charge in [-0.25, -0.2) is 0 Å². The lowest BCUT2D eigenvalue weighted by Gasteiger charge is -2.31. The van der Waals surface area contributed by atoms with E-state index in [0.29, 0.717) is 0 Å². The van der Waals surface area contributed by atoms with Crippen LogP contribution in [-0.2, 0) is 21.7 Å². The molecule has 0 radical (unpaired) electrons. The number of fused-ring (bicyclic) bond motifs is 12. The summed E-state index contributed by atoms with van der Waals surface area (Å²) in [5.41, 5.74) is 30.4. The summed E-state index contributed by atoms with van der Waals surface area (Å²) in [4.78, 5) is 4.88. The van der Waals surface area contributed by atoms with E-state index in [9.17, 15) is 0 Å². The Morgan fingerprint density at radius 3 is 0.816 bits per heavy atom. The highest BCUT2D eigenvalue weighted by Gasteiger charge is 2.40. The molecule has 0 heterocycles. The molecule has 4 aliphatic carbocycles. The lowest BCUT2D eigenvalue weighted by atomic mass is 9.81. The van der Waals surface area contributed by atoms with Crippen LogP contribution in [0.5, 0.6) is 0 Å². The molecule has 0 aliphatic heterocycles. The standard InChI is InChI=1S/C74H62N2/c1-71(2)63-25-17-15-23-55(63)59-37-32-52(44-67(59)71)76(53-33-38-60-56-24-16-18-26-64(56)72(3,4)68(60)45-53)54-34-40-62-58-36-30-48(42-66(58)74(7,8)70(62)46-54)28-27-47-29-35-57-61-39-31-51(43-69(61)73(5,6)65(57)41-47)75(49-19-11-9-12-20-49)50-21-13-10-14-22-50/h9-46H,1-8H3/b28-27+. The van der Waals surface area contributed by atoms with Crippen LogP contribution in [0.2, 0.25) is 0 Å². The van der Waals surface area contributed by atoms with Crippen LogP contribution in [-0.4, -0.2) is 0 Å². The van der Waals surface area contributed by atoms with Crippen molar-refractivity contribution in [2.75, 3.05) is 9.80 Å². The molecule has 2 heteroatoms. The fourth-order valence-electron chi connectivity index (χ4n) is 13.9. The summed E-state index contributed by atoms with van der Waals surface area (Å²) in [7, 11) is 0. The van der Waals surface area contributed by atoms with Crippen molar-refractivity contribution in [3.05, 3.63) is 274 Å². The quantitative estimate of drug-likeness (QED) is 0.140. The molecule has 0 saturated carbocycles. The number of rotatable bonds is 8. The first-order chi connectivity index (χ1) is 36.7. The molecule has 0 bridgehead atoms. The zero-order valence-electron chi connectivity index (χ0n) is 44.8. The van der Waals surface area contributed by atoms with E-state index in [-0.39, 0.29) is 21.7 Å².